The Labute approximate surface area is 203 Å². The number of sulfonamides is 1. The van der Waals surface area contributed by atoms with Crippen LogP contribution in [0.1, 0.15) is 22.3 Å². The largest absolute Gasteiger partial charge is 0.322 e. The summed E-state index contributed by atoms with van der Waals surface area (Å²) in [5.41, 5.74) is 4.64. The van der Waals surface area contributed by atoms with Gasteiger partial charge in [0, 0.05) is 17.8 Å². The Morgan fingerprint density at radius 1 is 0.829 bits per heavy atom. The molecule has 0 aromatic heterocycles. The topological polar surface area (TPSA) is 66.5 Å². The second kappa shape index (κ2) is 9.35. The standard InChI is InChI=1S/C28H23FN2O3S/c29-24-12-15-26(16-13-24)35(33,34)31-18-4-7-23-19-25(14-17-27(23)31)30-28(32)22-10-8-21(9-11-22)20-5-2-1-3-6-20/h1-3,5-6,8-17,19H,4,7,18H2,(H,30,32). The van der Waals surface area contributed by atoms with Gasteiger partial charge in [0.1, 0.15) is 5.82 Å². The Kier molecular flexibility index (Phi) is 6.09. The first-order valence-corrected chi connectivity index (χ1v) is 12.7. The van der Waals surface area contributed by atoms with Crippen molar-refractivity contribution >= 4 is 27.3 Å². The Hall–Kier alpha value is -3.97. The van der Waals surface area contributed by atoms with E-state index in [1.807, 2.05) is 48.5 Å². The van der Waals surface area contributed by atoms with E-state index in [9.17, 15) is 17.6 Å². The number of fused-ring (bicyclic) bond motifs is 1. The summed E-state index contributed by atoms with van der Waals surface area (Å²) >= 11 is 0. The zero-order valence-corrected chi connectivity index (χ0v) is 19.6. The van der Waals surface area contributed by atoms with Gasteiger partial charge in [-0.25, -0.2) is 12.8 Å². The van der Waals surface area contributed by atoms with Gasteiger partial charge in [-0.1, -0.05) is 42.5 Å². The van der Waals surface area contributed by atoms with Crippen molar-refractivity contribution in [3.63, 3.8) is 0 Å². The molecule has 5 rings (SSSR count). The summed E-state index contributed by atoms with van der Waals surface area (Å²) in [4.78, 5) is 12.9. The lowest BCUT2D eigenvalue weighted by Gasteiger charge is -2.31. The monoisotopic (exact) mass is 486 g/mol. The summed E-state index contributed by atoms with van der Waals surface area (Å²) < 4.78 is 41.0. The molecule has 1 aliphatic heterocycles. The highest BCUT2D eigenvalue weighted by molar-refractivity contribution is 7.92. The second-order valence-corrected chi connectivity index (χ2v) is 10.2. The third-order valence-corrected chi connectivity index (χ3v) is 7.90. The van der Waals surface area contributed by atoms with Gasteiger partial charge in [0.2, 0.25) is 0 Å². The van der Waals surface area contributed by atoms with E-state index in [1.165, 1.54) is 16.4 Å². The molecule has 0 fully saturated rings. The molecule has 176 valence electrons. The van der Waals surface area contributed by atoms with Gasteiger partial charge in [0.05, 0.1) is 10.6 Å². The fraction of sp³-hybridized carbons (Fsp3) is 0.107. The van der Waals surface area contributed by atoms with Gasteiger partial charge in [0.25, 0.3) is 15.9 Å². The number of nitrogens with one attached hydrogen (secondary N) is 1. The molecule has 0 saturated heterocycles. The van der Waals surface area contributed by atoms with Crippen molar-refractivity contribution in [3.8, 4) is 11.1 Å². The molecule has 1 heterocycles. The van der Waals surface area contributed by atoms with E-state index in [4.69, 9.17) is 0 Å². The zero-order chi connectivity index (χ0) is 24.4. The zero-order valence-electron chi connectivity index (χ0n) is 18.8. The third kappa shape index (κ3) is 4.68. The molecule has 4 aromatic rings. The Morgan fingerprint density at radius 3 is 2.23 bits per heavy atom. The Morgan fingerprint density at radius 2 is 1.51 bits per heavy atom. The quantitative estimate of drug-likeness (QED) is 0.383. The van der Waals surface area contributed by atoms with Crippen LogP contribution in [-0.2, 0) is 16.4 Å². The second-order valence-electron chi connectivity index (χ2n) is 8.38. The fourth-order valence-electron chi connectivity index (χ4n) is 4.27. The molecule has 0 spiro atoms. The molecule has 0 atom stereocenters. The number of aryl methyl sites for hydroxylation is 1. The summed E-state index contributed by atoms with van der Waals surface area (Å²) in [5.74, 6) is -0.728. The lowest BCUT2D eigenvalue weighted by molar-refractivity contribution is 0.102. The van der Waals surface area contributed by atoms with Crippen LogP contribution in [0.3, 0.4) is 0 Å². The first-order valence-electron chi connectivity index (χ1n) is 11.3. The average molecular weight is 487 g/mol. The van der Waals surface area contributed by atoms with E-state index < -0.39 is 15.8 Å². The number of hydrogen-bond acceptors (Lipinski definition) is 3. The molecular weight excluding hydrogens is 463 g/mol. The van der Waals surface area contributed by atoms with E-state index in [0.717, 1.165) is 28.8 Å². The molecule has 0 radical (unpaired) electrons. The number of anilines is 2. The van der Waals surface area contributed by atoms with E-state index in [-0.39, 0.29) is 10.8 Å². The number of benzene rings is 4. The maximum atomic E-state index is 13.3. The minimum absolute atomic E-state index is 0.0445. The summed E-state index contributed by atoms with van der Waals surface area (Å²) in [5, 5.41) is 2.91. The van der Waals surface area contributed by atoms with Gasteiger partial charge >= 0.3 is 0 Å². The van der Waals surface area contributed by atoms with Crippen molar-refractivity contribution in [3.05, 3.63) is 114 Å². The molecule has 0 unspecified atom stereocenters. The molecule has 1 N–H and O–H groups in total. The summed E-state index contributed by atoms with van der Waals surface area (Å²) in [7, 11) is -3.82. The number of hydrogen-bond donors (Lipinski definition) is 1. The van der Waals surface area contributed by atoms with Crippen molar-refractivity contribution in [2.75, 3.05) is 16.2 Å². The molecule has 0 bridgehead atoms. The predicted octanol–water partition coefficient (Wildman–Crippen LogP) is 5.89. The average Bonchev–Trinajstić information content (AvgIpc) is 2.89. The van der Waals surface area contributed by atoms with Gasteiger partial charge in [-0.3, -0.25) is 9.10 Å². The van der Waals surface area contributed by atoms with Crippen LogP contribution in [0.4, 0.5) is 15.8 Å². The van der Waals surface area contributed by atoms with Gasteiger partial charge in [-0.2, -0.15) is 0 Å². The smallest absolute Gasteiger partial charge is 0.264 e. The van der Waals surface area contributed by atoms with Crippen LogP contribution in [0.2, 0.25) is 0 Å². The normalized spacial score (nSPS) is 13.2. The molecule has 1 amide bonds. The minimum Gasteiger partial charge on any atom is -0.322 e. The molecule has 7 heteroatoms. The number of amides is 1. The summed E-state index contributed by atoms with van der Waals surface area (Å²) in [6.45, 7) is 0.339. The van der Waals surface area contributed by atoms with Crippen molar-refractivity contribution in [2.24, 2.45) is 0 Å². The van der Waals surface area contributed by atoms with Crippen LogP contribution in [0.5, 0.6) is 0 Å². The number of carbonyl (C=O) groups is 1. The number of nitrogens with zero attached hydrogens (tertiary/aromatic N) is 1. The Balaban J connectivity index is 1.35. The molecule has 1 aliphatic rings. The van der Waals surface area contributed by atoms with E-state index in [0.29, 0.717) is 36.3 Å². The Bertz CT molecular complexity index is 1470. The van der Waals surface area contributed by atoms with Crippen molar-refractivity contribution < 1.29 is 17.6 Å². The van der Waals surface area contributed by atoms with E-state index in [1.54, 1.807) is 24.3 Å². The maximum absolute atomic E-state index is 13.3. The van der Waals surface area contributed by atoms with Gasteiger partial charge in [0.15, 0.2) is 0 Å². The SMILES string of the molecule is O=C(Nc1ccc2c(c1)CCCN2S(=O)(=O)c1ccc(F)cc1)c1ccc(-c2ccccc2)cc1. The number of halogens is 1. The van der Waals surface area contributed by atoms with Crippen LogP contribution >= 0.6 is 0 Å². The first kappa shape index (κ1) is 22.8. The van der Waals surface area contributed by atoms with Gasteiger partial charge < -0.3 is 5.32 Å². The summed E-state index contributed by atoms with van der Waals surface area (Å²) in [6.07, 6.45) is 1.34. The van der Waals surface area contributed by atoms with E-state index in [2.05, 4.69) is 5.32 Å². The maximum Gasteiger partial charge on any atom is 0.264 e. The molecular formula is C28H23FN2O3S. The highest BCUT2D eigenvalue weighted by Crippen LogP contribution is 2.34. The van der Waals surface area contributed by atoms with Crippen LogP contribution in [0, 0.1) is 5.82 Å². The van der Waals surface area contributed by atoms with Crippen LogP contribution < -0.4 is 9.62 Å². The van der Waals surface area contributed by atoms with Crippen molar-refractivity contribution in [2.45, 2.75) is 17.7 Å². The van der Waals surface area contributed by atoms with Crippen molar-refractivity contribution in [1.82, 2.24) is 0 Å². The molecule has 4 aromatic carbocycles. The molecule has 0 saturated carbocycles. The van der Waals surface area contributed by atoms with E-state index >= 15 is 0 Å². The third-order valence-electron chi connectivity index (χ3n) is 6.07. The van der Waals surface area contributed by atoms with Crippen LogP contribution in [0.15, 0.2) is 102 Å². The minimum atomic E-state index is -3.82. The van der Waals surface area contributed by atoms with Gasteiger partial charge in [-0.05, 0) is 84.1 Å². The summed E-state index contributed by atoms with van der Waals surface area (Å²) in [6, 6.07) is 27.4. The lowest BCUT2D eigenvalue weighted by atomic mass is 10.0. The van der Waals surface area contributed by atoms with Crippen LogP contribution in [0.25, 0.3) is 11.1 Å². The molecule has 5 nitrogen and oxygen atoms in total. The van der Waals surface area contributed by atoms with Crippen molar-refractivity contribution in [1.29, 1.82) is 0 Å². The highest BCUT2D eigenvalue weighted by Gasteiger charge is 2.29. The number of carbonyl (C=O) groups excluding carboxylic acids is 1. The highest BCUT2D eigenvalue weighted by atomic mass is 32.2. The molecule has 0 aliphatic carbocycles. The number of rotatable bonds is 5. The lowest BCUT2D eigenvalue weighted by Crippen LogP contribution is -2.35. The molecule has 35 heavy (non-hydrogen) atoms. The van der Waals surface area contributed by atoms with Gasteiger partial charge in [-0.15, -0.1) is 0 Å². The predicted molar refractivity (Wildman–Crippen MR) is 136 cm³/mol. The fourth-order valence-corrected chi connectivity index (χ4v) is 5.81. The first-order chi connectivity index (χ1) is 16.9. The van der Waals surface area contributed by atoms with Crippen LogP contribution in [-0.4, -0.2) is 20.9 Å².